The van der Waals surface area contributed by atoms with Crippen molar-refractivity contribution in [2.45, 2.75) is 57.6 Å². The number of halogens is 1. The van der Waals surface area contributed by atoms with Crippen LogP contribution in [0.3, 0.4) is 0 Å². The molecule has 7 heteroatoms. The van der Waals surface area contributed by atoms with E-state index in [2.05, 4.69) is 20.9 Å². The molecule has 0 atom stereocenters. The Bertz CT molecular complexity index is 906. The minimum Gasteiger partial charge on any atom is -0.393 e. The third-order valence-electron chi connectivity index (χ3n) is 6.70. The Morgan fingerprint density at radius 1 is 1.10 bits per heavy atom. The standard InChI is InChI=1S/C24H31ClN4O2/c1-17-22(6-5-18-3-2-4-19(25)15-18)26-16-27-23(17)24(31)29-11-7-20(8-12-29)28-13-9-21(30)10-14-28/h2-4,15-16,20-21,30H,5-14H2,1H3. The molecule has 31 heavy (non-hydrogen) atoms. The van der Waals surface area contributed by atoms with Crippen LogP contribution in [0, 0.1) is 6.92 Å². The zero-order chi connectivity index (χ0) is 21.8. The number of carbonyl (C=O) groups is 1. The van der Waals surface area contributed by atoms with Crippen LogP contribution in [0.2, 0.25) is 5.02 Å². The first-order valence-electron chi connectivity index (χ1n) is 11.3. The number of hydrogen-bond donors (Lipinski definition) is 1. The zero-order valence-electron chi connectivity index (χ0n) is 18.1. The number of likely N-dealkylation sites (tertiary alicyclic amines) is 2. The molecular formula is C24H31ClN4O2. The van der Waals surface area contributed by atoms with E-state index in [1.165, 1.54) is 6.33 Å². The highest BCUT2D eigenvalue weighted by Crippen LogP contribution is 2.23. The van der Waals surface area contributed by atoms with Gasteiger partial charge < -0.3 is 14.9 Å². The number of benzene rings is 1. The van der Waals surface area contributed by atoms with Gasteiger partial charge >= 0.3 is 0 Å². The van der Waals surface area contributed by atoms with Crippen molar-refractivity contribution in [3.8, 4) is 0 Å². The van der Waals surface area contributed by atoms with E-state index >= 15 is 0 Å². The van der Waals surface area contributed by atoms with E-state index in [0.29, 0.717) is 11.7 Å². The third-order valence-corrected chi connectivity index (χ3v) is 6.93. The molecule has 6 nitrogen and oxygen atoms in total. The second-order valence-electron chi connectivity index (χ2n) is 8.71. The largest absolute Gasteiger partial charge is 0.393 e. The molecule has 2 aliphatic rings. The van der Waals surface area contributed by atoms with E-state index < -0.39 is 0 Å². The summed E-state index contributed by atoms with van der Waals surface area (Å²) in [6.45, 7) is 5.38. The second-order valence-corrected chi connectivity index (χ2v) is 9.15. The van der Waals surface area contributed by atoms with Crippen LogP contribution in [0.1, 0.15) is 53.0 Å². The van der Waals surface area contributed by atoms with Crippen LogP contribution in [-0.2, 0) is 12.8 Å². The van der Waals surface area contributed by atoms with Gasteiger partial charge in [0.15, 0.2) is 0 Å². The second kappa shape index (κ2) is 10.1. The van der Waals surface area contributed by atoms with Crippen molar-refractivity contribution in [2.24, 2.45) is 0 Å². The average Bonchev–Trinajstić information content (AvgIpc) is 2.79. The zero-order valence-corrected chi connectivity index (χ0v) is 18.9. The van der Waals surface area contributed by atoms with Gasteiger partial charge in [0.25, 0.3) is 5.91 Å². The van der Waals surface area contributed by atoms with Gasteiger partial charge in [-0.15, -0.1) is 0 Å². The summed E-state index contributed by atoms with van der Waals surface area (Å²) in [6.07, 6.45) is 6.61. The lowest BCUT2D eigenvalue weighted by atomic mass is 9.98. The fourth-order valence-electron chi connectivity index (χ4n) is 4.74. The van der Waals surface area contributed by atoms with Gasteiger partial charge in [-0.05, 0) is 63.1 Å². The predicted octanol–water partition coefficient (Wildman–Crippen LogP) is 3.28. The van der Waals surface area contributed by atoms with E-state index in [1.54, 1.807) is 0 Å². The van der Waals surface area contributed by atoms with Gasteiger partial charge in [-0.3, -0.25) is 4.79 Å². The van der Waals surface area contributed by atoms with Crippen molar-refractivity contribution in [3.05, 3.63) is 58.1 Å². The summed E-state index contributed by atoms with van der Waals surface area (Å²) in [6, 6.07) is 8.36. The summed E-state index contributed by atoms with van der Waals surface area (Å²) < 4.78 is 0. The van der Waals surface area contributed by atoms with Crippen molar-refractivity contribution >= 4 is 17.5 Å². The Balaban J connectivity index is 1.36. The van der Waals surface area contributed by atoms with Crippen molar-refractivity contribution in [1.82, 2.24) is 19.8 Å². The number of aryl methyl sites for hydroxylation is 2. The van der Waals surface area contributed by atoms with E-state index in [0.717, 1.165) is 86.5 Å². The van der Waals surface area contributed by atoms with Crippen LogP contribution in [0.5, 0.6) is 0 Å². The minimum atomic E-state index is -0.147. The van der Waals surface area contributed by atoms with Crippen LogP contribution in [0.15, 0.2) is 30.6 Å². The Morgan fingerprint density at radius 2 is 1.84 bits per heavy atom. The number of aromatic nitrogens is 2. The van der Waals surface area contributed by atoms with Gasteiger partial charge in [-0.2, -0.15) is 0 Å². The van der Waals surface area contributed by atoms with Crippen LogP contribution in [0.25, 0.3) is 0 Å². The van der Waals surface area contributed by atoms with Crippen molar-refractivity contribution in [2.75, 3.05) is 26.2 Å². The van der Waals surface area contributed by atoms with E-state index in [9.17, 15) is 9.90 Å². The molecule has 1 aromatic heterocycles. The van der Waals surface area contributed by atoms with Crippen LogP contribution < -0.4 is 0 Å². The number of nitrogens with zero attached hydrogens (tertiary/aromatic N) is 4. The molecule has 0 bridgehead atoms. The summed E-state index contributed by atoms with van der Waals surface area (Å²) >= 11 is 6.09. The highest BCUT2D eigenvalue weighted by molar-refractivity contribution is 6.30. The van der Waals surface area contributed by atoms with Gasteiger partial charge in [0.1, 0.15) is 12.0 Å². The molecule has 2 fully saturated rings. The third kappa shape index (κ3) is 5.43. The molecule has 166 valence electrons. The number of carbonyl (C=O) groups excluding carboxylic acids is 1. The number of hydrogen-bond acceptors (Lipinski definition) is 5. The molecule has 1 aromatic carbocycles. The maximum Gasteiger partial charge on any atom is 0.272 e. The molecule has 0 unspecified atom stereocenters. The van der Waals surface area contributed by atoms with Crippen molar-refractivity contribution in [3.63, 3.8) is 0 Å². The van der Waals surface area contributed by atoms with Gasteiger partial charge in [0, 0.05) is 48.5 Å². The first-order chi connectivity index (χ1) is 15.0. The number of piperidine rings is 2. The Morgan fingerprint density at radius 3 is 2.55 bits per heavy atom. The molecule has 0 spiro atoms. The number of rotatable bonds is 5. The summed E-state index contributed by atoms with van der Waals surface area (Å²) in [5.74, 6) is 0.0106. The summed E-state index contributed by atoms with van der Waals surface area (Å²) in [5, 5.41) is 10.5. The van der Waals surface area contributed by atoms with E-state index in [1.807, 2.05) is 30.0 Å². The quantitative estimate of drug-likeness (QED) is 0.769. The smallest absolute Gasteiger partial charge is 0.272 e. The number of amides is 1. The van der Waals surface area contributed by atoms with Gasteiger partial charge in [-0.1, -0.05) is 23.7 Å². The summed E-state index contributed by atoms with van der Waals surface area (Å²) in [5.41, 5.74) is 3.48. The molecule has 1 N–H and O–H groups in total. The highest BCUT2D eigenvalue weighted by Gasteiger charge is 2.30. The maximum absolute atomic E-state index is 13.2. The van der Waals surface area contributed by atoms with Crippen LogP contribution in [0.4, 0.5) is 0 Å². The van der Waals surface area contributed by atoms with Crippen LogP contribution in [-0.4, -0.2) is 69.1 Å². The summed E-state index contributed by atoms with van der Waals surface area (Å²) in [7, 11) is 0. The SMILES string of the molecule is Cc1c(CCc2cccc(Cl)c2)ncnc1C(=O)N1CCC(N2CCC(O)CC2)CC1. The molecule has 2 aliphatic heterocycles. The monoisotopic (exact) mass is 442 g/mol. The molecule has 0 saturated carbocycles. The van der Waals surface area contributed by atoms with E-state index in [-0.39, 0.29) is 12.0 Å². The van der Waals surface area contributed by atoms with Crippen molar-refractivity contribution < 1.29 is 9.90 Å². The van der Waals surface area contributed by atoms with Crippen LogP contribution >= 0.6 is 11.6 Å². The molecule has 1 amide bonds. The topological polar surface area (TPSA) is 69.6 Å². The highest BCUT2D eigenvalue weighted by atomic mass is 35.5. The number of aliphatic hydroxyl groups excluding tert-OH is 1. The molecule has 2 aromatic rings. The fraction of sp³-hybridized carbons (Fsp3) is 0.542. The van der Waals surface area contributed by atoms with E-state index in [4.69, 9.17) is 11.6 Å². The lowest BCUT2D eigenvalue weighted by Gasteiger charge is -2.41. The minimum absolute atomic E-state index is 0.0106. The van der Waals surface area contributed by atoms with Gasteiger partial charge in [0.2, 0.25) is 0 Å². The van der Waals surface area contributed by atoms with Crippen molar-refractivity contribution in [1.29, 1.82) is 0 Å². The molecule has 0 radical (unpaired) electrons. The lowest BCUT2D eigenvalue weighted by Crippen LogP contribution is -2.49. The Hall–Kier alpha value is -2.02. The fourth-order valence-corrected chi connectivity index (χ4v) is 4.96. The van der Waals surface area contributed by atoms with Gasteiger partial charge in [0.05, 0.1) is 6.10 Å². The first kappa shape index (κ1) is 22.2. The van der Waals surface area contributed by atoms with Gasteiger partial charge in [-0.25, -0.2) is 9.97 Å². The Labute approximate surface area is 189 Å². The predicted molar refractivity (Wildman–Crippen MR) is 121 cm³/mol. The normalized spacial score (nSPS) is 19.0. The lowest BCUT2D eigenvalue weighted by molar-refractivity contribution is 0.0355. The molecule has 4 rings (SSSR count). The Kier molecular flexibility index (Phi) is 7.20. The molecule has 0 aliphatic carbocycles. The maximum atomic E-state index is 13.2. The first-order valence-corrected chi connectivity index (χ1v) is 11.7. The molecule has 2 saturated heterocycles. The molecular weight excluding hydrogens is 412 g/mol. The average molecular weight is 443 g/mol. The summed E-state index contributed by atoms with van der Waals surface area (Å²) in [4.78, 5) is 26.4. The molecule has 3 heterocycles. The number of aliphatic hydroxyl groups is 1.